The first kappa shape index (κ1) is 17.0. The predicted octanol–water partition coefficient (Wildman–Crippen LogP) is 2.03. The van der Waals surface area contributed by atoms with E-state index >= 15 is 0 Å². The molecule has 1 amide bonds. The lowest BCUT2D eigenvalue weighted by molar-refractivity contribution is -0.156. The highest BCUT2D eigenvalue weighted by molar-refractivity contribution is 5.85. The molecule has 1 saturated carbocycles. The second-order valence-corrected chi connectivity index (χ2v) is 5.78. The van der Waals surface area contributed by atoms with E-state index in [9.17, 15) is 14.7 Å². The van der Waals surface area contributed by atoms with E-state index in [1.54, 1.807) is 4.90 Å². The third-order valence-corrected chi connectivity index (χ3v) is 4.26. The number of amides is 1. The van der Waals surface area contributed by atoms with Crippen LogP contribution in [0.15, 0.2) is 0 Å². The minimum Gasteiger partial charge on any atom is -0.481 e. The SMILES string of the molecule is CCCCN(CCO)C(=O)CC1(C(=O)O)CCCCC1. The van der Waals surface area contributed by atoms with Gasteiger partial charge in [-0.25, -0.2) is 0 Å². The van der Waals surface area contributed by atoms with E-state index in [1.165, 1.54) is 0 Å². The zero-order valence-electron chi connectivity index (χ0n) is 12.4. The third-order valence-electron chi connectivity index (χ3n) is 4.26. The van der Waals surface area contributed by atoms with Crippen LogP contribution in [0.4, 0.5) is 0 Å². The molecule has 5 heteroatoms. The van der Waals surface area contributed by atoms with Crippen LogP contribution in [0.1, 0.15) is 58.3 Å². The van der Waals surface area contributed by atoms with Gasteiger partial charge in [-0.2, -0.15) is 0 Å². The van der Waals surface area contributed by atoms with E-state index in [-0.39, 0.29) is 18.9 Å². The van der Waals surface area contributed by atoms with Gasteiger partial charge in [-0.15, -0.1) is 0 Å². The highest BCUT2D eigenvalue weighted by Crippen LogP contribution is 2.40. The van der Waals surface area contributed by atoms with Gasteiger partial charge in [0.1, 0.15) is 0 Å². The van der Waals surface area contributed by atoms with E-state index in [2.05, 4.69) is 0 Å². The van der Waals surface area contributed by atoms with Crippen LogP contribution >= 0.6 is 0 Å². The summed E-state index contributed by atoms with van der Waals surface area (Å²) < 4.78 is 0. The van der Waals surface area contributed by atoms with Gasteiger partial charge in [0.2, 0.25) is 5.91 Å². The Kier molecular flexibility index (Phi) is 6.99. The number of carbonyl (C=O) groups is 2. The van der Waals surface area contributed by atoms with Crippen LogP contribution in [0, 0.1) is 5.41 Å². The molecule has 1 aliphatic carbocycles. The highest BCUT2D eigenvalue weighted by Gasteiger charge is 2.42. The fourth-order valence-electron chi connectivity index (χ4n) is 2.93. The summed E-state index contributed by atoms with van der Waals surface area (Å²) in [4.78, 5) is 25.6. The van der Waals surface area contributed by atoms with Crippen molar-refractivity contribution in [3.05, 3.63) is 0 Å². The smallest absolute Gasteiger partial charge is 0.310 e. The number of carboxylic acids is 1. The van der Waals surface area contributed by atoms with Gasteiger partial charge >= 0.3 is 5.97 Å². The third kappa shape index (κ3) is 4.47. The molecule has 0 saturated heterocycles. The molecule has 2 N–H and O–H groups in total. The summed E-state index contributed by atoms with van der Waals surface area (Å²) in [5.74, 6) is -0.971. The minimum atomic E-state index is -0.880. The number of rotatable bonds is 8. The fourth-order valence-corrected chi connectivity index (χ4v) is 2.93. The Balaban J connectivity index is 2.69. The molecule has 0 aliphatic heterocycles. The Hall–Kier alpha value is -1.10. The van der Waals surface area contributed by atoms with Crippen LogP contribution in [-0.2, 0) is 9.59 Å². The standard InChI is InChI=1S/C15H27NO4/c1-2-3-9-16(10-11-17)13(18)12-15(14(19)20)7-5-4-6-8-15/h17H,2-12H2,1H3,(H,19,20). The molecule has 20 heavy (non-hydrogen) atoms. The topological polar surface area (TPSA) is 77.8 Å². The lowest BCUT2D eigenvalue weighted by Crippen LogP contribution is -2.42. The van der Waals surface area contributed by atoms with Crippen molar-refractivity contribution in [3.8, 4) is 0 Å². The first-order chi connectivity index (χ1) is 9.55. The molecule has 0 atom stereocenters. The lowest BCUT2D eigenvalue weighted by Gasteiger charge is -2.34. The summed E-state index contributed by atoms with van der Waals surface area (Å²) in [7, 11) is 0. The Morgan fingerprint density at radius 3 is 2.30 bits per heavy atom. The Morgan fingerprint density at radius 1 is 1.15 bits per heavy atom. The van der Waals surface area contributed by atoms with Crippen molar-refractivity contribution in [2.75, 3.05) is 19.7 Å². The number of aliphatic hydroxyl groups excluding tert-OH is 1. The second-order valence-electron chi connectivity index (χ2n) is 5.78. The van der Waals surface area contributed by atoms with Crippen LogP contribution in [-0.4, -0.2) is 46.7 Å². The summed E-state index contributed by atoms with van der Waals surface area (Å²) in [5, 5.41) is 18.6. The molecule has 0 radical (unpaired) electrons. The van der Waals surface area contributed by atoms with Crippen LogP contribution < -0.4 is 0 Å². The lowest BCUT2D eigenvalue weighted by atomic mass is 9.71. The van der Waals surface area contributed by atoms with Gasteiger partial charge in [-0.1, -0.05) is 32.6 Å². The van der Waals surface area contributed by atoms with Gasteiger partial charge in [0.25, 0.3) is 0 Å². The Bertz CT molecular complexity index is 324. The molecule has 116 valence electrons. The summed E-state index contributed by atoms with van der Waals surface area (Å²) in [6, 6.07) is 0. The van der Waals surface area contributed by atoms with Crippen LogP contribution in [0.2, 0.25) is 0 Å². The van der Waals surface area contributed by atoms with E-state index in [0.717, 1.165) is 32.1 Å². The predicted molar refractivity (Wildman–Crippen MR) is 76.3 cm³/mol. The van der Waals surface area contributed by atoms with Gasteiger partial charge in [0.15, 0.2) is 0 Å². The van der Waals surface area contributed by atoms with Crippen LogP contribution in [0.3, 0.4) is 0 Å². The van der Waals surface area contributed by atoms with E-state index in [1.807, 2.05) is 6.92 Å². The van der Waals surface area contributed by atoms with Crippen molar-refractivity contribution < 1.29 is 19.8 Å². The van der Waals surface area contributed by atoms with Crippen molar-refractivity contribution in [1.82, 2.24) is 4.90 Å². The molecule has 1 rings (SSSR count). The first-order valence-corrected chi connectivity index (χ1v) is 7.68. The second kappa shape index (κ2) is 8.25. The highest BCUT2D eigenvalue weighted by atomic mass is 16.4. The molecule has 0 aromatic rings. The van der Waals surface area contributed by atoms with Crippen molar-refractivity contribution >= 4 is 11.9 Å². The zero-order valence-corrected chi connectivity index (χ0v) is 12.4. The average molecular weight is 285 g/mol. The molecular weight excluding hydrogens is 258 g/mol. The molecule has 0 aromatic heterocycles. The Labute approximate surface area is 121 Å². The number of carbonyl (C=O) groups excluding carboxylic acids is 1. The largest absolute Gasteiger partial charge is 0.481 e. The average Bonchev–Trinajstić information content (AvgIpc) is 2.44. The van der Waals surface area contributed by atoms with E-state index in [4.69, 9.17) is 5.11 Å². The normalized spacial score (nSPS) is 17.7. The molecule has 1 fully saturated rings. The number of unbranched alkanes of at least 4 members (excludes halogenated alkanes) is 1. The number of nitrogens with zero attached hydrogens (tertiary/aromatic N) is 1. The fraction of sp³-hybridized carbons (Fsp3) is 0.867. The van der Waals surface area contributed by atoms with Crippen LogP contribution in [0.25, 0.3) is 0 Å². The van der Waals surface area contributed by atoms with Crippen molar-refractivity contribution in [1.29, 1.82) is 0 Å². The Morgan fingerprint density at radius 2 is 1.80 bits per heavy atom. The zero-order chi connectivity index (χ0) is 15.0. The maximum absolute atomic E-state index is 12.4. The monoisotopic (exact) mass is 285 g/mol. The van der Waals surface area contributed by atoms with Crippen molar-refractivity contribution in [2.45, 2.75) is 58.3 Å². The first-order valence-electron chi connectivity index (χ1n) is 7.68. The molecule has 0 spiro atoms. The van der Waals surface area contributed by atoms with Gasteiger partial charge in [0, 0.05) is 19.5 Å². The van der Waals surface area contributed by atoms with Gasteiger partial charge < -0.3 is 15.1 Å². The van der Waals surface area contributed by atoms with Gasteiger partial charge in [-0.05, 0) is 19.3 Å². The maximum Gasteiger partial charge on any atom is 0.310 e. The molecule has 1 aliphatic rings. The number of hydrogen-bond donors (Lipinski definition) is 2. The molecule has 0 heterocycles. The molecule has 0 bridgehead atoms. The number of aliphatic carboxylic acids is 1. The molecule has 0 unspecified atom stereocenters. The minimum absolute atomic E-state index is 0.0739. The van der Waals surface area contributed by atoms with Gasteiger partial charge in [-0.3, -0.25) is 9.59 Å². The summed E-state index contributed by atoms with van der Waals surface area (Å²) >= 11 is 0. The maximum atomic E-state index is 12.4. The summed E-state index contributed by atoms with van der Waals surface area (Å²) in [5.41, 5.74) is -0.880. The van der Waals surface area contributed by atoms with Crippen LogP contribution in [0.5, 0.6) is 0 Å². The van der Waals surface area contributed by atoms with E-state index < -0.39 is 11.4 Å². The van der Waals surface area contributed by atoms with Gasteiger partial charge in [0.05, 0.1) is 12.0 Å². The van der Waals surface area contributed by atoms with Crippen molar-refractivity contribution in [3.63, 3.8) is 0 Å². The molecular formula is C15H27NO4. The van der Waals surface area contributed by atoms with E-state index in [0.29, 0.717) is 25.9 Å². The summed E-state index contributed by atoms with van der Waals surface area (Å²) in [6.07, 6.45) is 5.93. The number of carboxylic acid groups (broad SMARTS) is 1. The van der Waals surface area contributed by atoms with Crippen molar-refractivity contribution in [2.24, 2.45) is 5.41 Å². The summed E-state index contributed by atoms with van der Waals surface area (Å²) in [6.45, 7) is 2.87. The molecule has 0 aromatic carbocycles. The quantitative estimate of drug-likeness (QED) is 0.715. The molecule has 5 nitrogen and oxygen atoms in total. The number of hydrogen-bond acceptors (Lipinski definition) is 3. The number of aliphatic hydroxyl groups is 1.